The van der Waals surface area contributed by atoms with Crippen LogP contribution in [0.5, 0.6) is 0 Å². The maximum Gasteiger partial charge on any atom is 0.106 e. The summed E-state index contributed by atoms with van der Waals surface area (Å²) in [6.07, 6.45) is 2.77. The van der Waals surface area contributed by atoms with Crippen molar-refractivity contribution in [2.24, 2.45) is 11.7 Å². The highest BCUT2D eigenvalue weighted by atomic mass is 16.1. The molecule has 42 valence electrons. The molecular weight excluding hydrogens is 90.1 g/mol. The van der Waals surface area contributed by atoms with Crippen LogP contribution in [0.4, 0.5) is 0 Å². The minimum absolute atomic E-state index is 0.912. The second-order valence-corrected chi connectivity index (χ2v) is 1.68. The molecule has 0 aliphatic heterocycles. The molecule has 1 aliphatic carbocycles. The van der Waals surface area contributed by atoms with E-state index in [4.69, 9.17) is 10.5 Å². The summed E-state index contributed by atoms with van der Waals surface area (Å²) in [4.78, 5) is 8.00. The van der Waals surface area contributed by atoms with Crippen molar-refractivity contribution in [2.45, 2.75) is 12.8 Å². The molecular formula is C5H11NO. The number of rotatable bonds is 1. The molecule has 0 bridgehead atoms. The molecule has 2 heteroatoms. The van der Waals surface area contributed by atoms with E-state index < -0.39 is 0 Å². The Balaban J connectivity index is 0.000000162. The van der Waals surface area contributed by atoms with Crippen LogP contribution in [0.3, 0.4) is 0 Å². The summed E-state index contributed by atoms with van der Waals surface area (Å²) in [5.41, 5.74) is 5.23. The first-order chi connectivity index (χ1) is 3.43. The molecule has 0 amide bonds. The van der Waals surface area contributed by atoms with Gasteiger partial charge in [0.2, 0.25) is 0 Å². The minimum Gasteiger partial charge on any atom is -0.330 e. The van der Waals surface area contributed by atoms with Crippen LogP contribution in [0.2, 0.25) is 0 Å². The molecule has 0 aromatic rings. The van der Waals surface area contributed by atoms with E-state index in [1.54, 1.807) is 0 Å². The Labute approximate surface area is 43.7 Å². The monoisotopic (exact) mass is 101 g/mol. The lowest BCUT2D eigenvalue weighted by Crippen LogP contribution is -1.98. The predicted molar refractivity (Wildman–Crippen MR) is 28.9 cm³/mol. The average Bonchev–Trinajstić information content (AvgIpc) is 2.52. The Morgan fingerprint density at radius 3 is 2.00 bits per heavy atom. The van der Waals surface area contributed by atoms with Gasteiger partial charge in [-0.1, -0.05) is 0 Å². The molecule has 2 nitrogen and oxygen atoms in total. The largest absolute Gasteiger partial charge is 0.330 e. The Kier molecular flexibility index (Phi) is 3.61. The first kappa shape index (κ1) is 6.63. The van der Waals surface area contributed by atoms with E-state index >= 15 is 0 Å². The van der Waals surface area contributed by atoms with E-state index in [9.17, 15) is 0 Å². The van der Waals surface area contributed by atoms with Crippen LogP contribution in [0.25, 0.3) is 0 Å². The minimum atomic E-state index is 0.912. The summed E-state index contributed by atoms with van der Waals surface area (Å²) in [6.45, 7) is 2.92. The molecule has 0 radical (unpaired) electrons. The van der Waals surface area contributed by atoms with Crippen molar-refractivity contribution in [1.82, 2.24) is 0 Å². The van der Waals surface area contributed by atoms with Crippen LogP contribution in [0, 0.1) is 5.92 Å². The third-order valence-electron chi connectivity index (χ3n) is 1.03. The zero-order valence-corrected chi connectivity index (χ0v) is 4.39. The first-order valence-electron chi connectivity index (χ1n) is 2.42. The van der Waals surface area contributed by atoms with Crippen molar-refractivity contribution in [2.75, 3.05) is 6.54 Å². The van der Waals surface area contributed by atoms with E-state index in [0.717, 1.165) is 12.5 Å². The Bertz CT molecular complexity index is 43.3. The highest BCUT2D eigenvalue weighted by molar-refractivity contribution is 5.10. The summed E-state index contributed by atoms with van der Waals surface area (Å²) >= 11 is 0. The van der Waals surface area contributed by atoms with Gasteiger partial charge in [-0.3, -0.25) is 0 Å². The van der Waals surface area contributed by atoms with Crippen LogP contribution in [0.15, 0.2) is 0 Å². The van der Waals surface area contributed by atoms with Crippen LogP contribution in [-0.2, 0) is 4.79 Å². The quantitative estimate of drug-likeness (QED) is 0.511. The van der Waals surface area contributed by atoms with Crippen molar-refractivity contribution >= 4 is 6.79 Å². The number of carbonyl (C=O) groups is 1. The standard InChI is InChI=1S/C4H9N.CH2O/c5-3-4-1-2-4;1-2/h4H,1-3,5H2;1H2. The lowest BCUT2D eigenvalue weighted by molar-refractivity contribution is -0.0979. The van der Waals surface area contributed by atoms with E-state index in [1.807, 2.05) is 6.79 Å². The molecule has 0 aromatic heterocycles. The van der Waals surface area contributed by atoms with E-state index in [2.05, 4.69) is 0 Å². The lowest BCUT2D eigenvalue weighted by atomic mass is 10.5. The van der Waals surface area contributed by atoms with Crippen LogP contribution in [-0.4, -0.2) is 13.3 Å². The maximum atomic E-state index is 8.00. The van der Waals surface area contributed by atoms with Crippen molar-refractivity contribution in [3.05, 3.63) is 0 Å². The summed E-state index contributed by atoms with van der Waals surface area (Å²) in [5, 5.41) is 0. The predicted octanol–water partition coefficient (Wildman–Crippen LogP) is 0.170. The van der Waals surface area contributed by atoms with E-state index in [1.165, 1.54) is 12.8 Å². The molecule has 7 heavy (non-hydrogen) atoms. The topological polar surface area (TPSA) is 43.1 Å². The number of hydrogen-bond donors (Lipinski definition) is 1. The molecule has 1 rings (SSSR count). The number of carbonyl (C=O) groups excluding carboxylic acids is 1. The van der Waals surface area contributed by atoms with Gasteiger partial charge in [0.1, 0.15) is 6.79 Å². The first-order valence-corrected chi connectivity index (χ1v) is 2.42. The maximum absolute atomic E-state index is 8.00. The highest BCUT2D eigenvalue weighted by Gasteiger charge is 2.17. The molecule has 0 aromatic carbocycles. The molecule has 0 atom stereocenters. The van der Waals surface area contributed by atoms with Crippen molar-refractivity contribution in [3.63, 3.8) is 0 Å². The summed E-state index contributed by atoms with van der Waals surface area (Å²) in [7, 11) is 0. The van der Waals surface area contributed by atoms with Crippen molar-refractivity contribution in [3.8, 4) is 0 Å². The van der Waals surface area contributed by atoms with Gasteiger partial charge in [-0.25, -0.2) is 0 Å². The van der Waals surface area contributed by atoms with E-state index in [-0.39, 0.29) is 0 Å². The number of hydrogen-bond acceptors (Lipinski definition) is 2. The third kappa shape index (κ3) is 3.46. The molecule has 1 fully saturated rings. The molecule has 0 heterocycles. The smallest absolute Gasteiger partial charge is 0.106 e. The Morgan fingerprint density at radius 1 is 1.57 bits per heavy atom. The zero-order valence-electron chi connectivity index (χ0n) is 4.39. The van der Waals surface area contributed by atoms with Gasteiger partial charge in [0.25, 0.3) is 0 Å². The van der Waals surface area contributed by atoms with Gasteiger partial charge in [-0.05, 0) is 25.3 Å². The van der Waals surface area contributed by atoms with Crippen molar-refractivity contribution < 1.29 is 4.79 Å². The lowest BCUT2D eigenvalue weighted by Gasteiger charge is -1.74. The van der Waals surface area contributed by atoms with Crippen molar-refractivity contribution in [1.29, 1.82) is 0 Å². The van der Waals surface area contributed by atoms with Gasteiger partial charge in [-0.15, -0.1) is 0 Å². The normalized spacial score (nSPS) is 17.3. The second kappa shape index (κ2) is 3.81. The van der Waals surface area contributed by atoms with Gasteiger partial charge < -0.3 is 10.5 Å². The van der Waals surface area contributed by atoms with Gasteiger partial charge in [0, 0.05) is 0 Å². The fourth-order valence-corrected chi connectivity index (χ4v) is 0.354. The summed E-state index contributed by atoms with van der Waals surface area (Å²) < 4.78 is 0. The fraction of sp³-hybridized carbons (Fsp3) is 0.800. The van der Waals surface area contributed by atoms with Gasteiger partial charge >= 0.3 is 0 Å². The molecule has 2 N–H and O–H groups in total. The van der Waals surface area contributed by atoms with Crippen LogP contribution < -0.4 is 5.73 Å². The van der Waals surface area contributed by atoms with Crippen LogP contribution >= 0.6 is 0 Å². The van der Waals surface area contributed by atoms with E-state index in [0.29, 0.717) is 0 Å². The SMILES string of the molecule is C=O.NCC1CC1. The highest BCUT2D eigenvalue weighted by Crippen LogP contribution is 2.26. The molecule has 0 spiro atoms. The van der Waals surface area contributed by atoms with Gasteiger partial charge in [0.15, 0.2) is 0 Å². The molecule has 1 aliphatic rings. The zero-order chi connectivity index (χ0) is 5.70. The van der Waals surface area contributed by atoms with Gasteiger partial charge in [0.05, 0.1) is 0 Å². The number of nitrogens with two attached hydrogens (primary N) is 1. The molecule has 1 saturated carbocycles. The van der Waals surface area contributed by atoms with Crippen LogP contribution in [0.1, 0.15) is 12.8 Å². The Morgan fingerprint density at radius 2 is 2.00 bits per heavy atom. The summed E-state index contributed by atoms with van der Waals surface area (Å²) in [5.74, 6) is 0.912. The third-order valence-corrected chi connectivity index (χ3v) is 1.03. The fourth-order valence-electron chi connectivity index (χ4n) is 0.354. The second-order valence-electron chi connectivity index (χ2n) is 1.68. The summed E-state index contributed by atoms with van der Waals surface area (Å²) in [6, 6.07) is 0. The Hall–Kier alpha value is -0.370. The molecule has 0 unspecified atom stereocenters. The average molecular weight is 101 g/mol. The molecule has 0 saturated heterocycles. The van der Waals surface area contributed by atoms with Gasteiger partial charge in [-0.2, -0.15) is 0 Å².